The molecule has 0 bridgehead atoms. The average molecular weight is 178 g/mol. The summed E-state index contributed by atoms with van der Waals surface area (Å²) in [6, 6.07) is 1.27. The van der Waals surface area contributed by atoms with Crippen LogP contribution in [-0.2, 0) is 0 Å². The van der Waals surface area contributed by atoms with Crippen molar-refractivity contribution in [3.63, 3.8) is 0 Å². The molecule has 0 amide bonds. The standard InChI is InChI=1S/C8H18ClSi/c1-7(2)10(6-5-9)8(3)4/h7-8H,5-6H2,1-4H3. The molecule has 0 saturated heterocycles. The molecule has 0 spiro atoms. The van der Waals surface area contributed by atoms with E-state index in [1.54, 1.807) is 0 Å². The van der Waals surface area contributed by atoms with E-state index in [4.69, 9.17) is 11.6 Å². The summed E-state index contributed by atoms with van der Waals surface area (Å²) < 4.78 is 0. The fourth-order valence-corrected chi connectivity index (χ4v) is 4.71. The predicted octanol–water partition coefficient (Wildman–Crippen LogP) is 3.54. The molecule has 0 atom stereocenters. The van der Waals surface area contributed by atoms with Crippen molar-refractivity contribution < 1.29 is 0 Å². The number of alkyl halides is 1. The first-order chi connectivity index (χ1) is 4.59. The maximum Gasteiger partial charge on any atom is 0.0546 e. The summed E-state index contributed by atoms with van der Waals surface area (Å²) in [5, 5.41) is 0. The molecule has 2 heteroatoms. The predicted molar refractivity (Wildman–Crippen MR) is 51.5 cm³/mol. The SMILES string of the molecule is CC(C)[Si](CCCl)C(C)C. The molecule has 0 fully saturated rings. The molecule has 0 heterocycles. The van der Waals surface area contributed by atoms with Crippen molar-refractivity contribution in [3.05, 3.63) is 0 Å². The molecule has 0 unspecified atom stereocenters. The summed E-state index contributed by atoms with van der Waals surface area (Å²) >= 11 is 5.71. The van der Waals surface area contributed by atoms with Crippen LogP contribution in [0.25, 0.3) is 0 Å². The Balaban J connectivity index is 3.73. The molecule has 0 aromatic rings. The van der Waals surface area contributed by atoms with E-state index in [1.165, 1.54) is 6.04 Å². The number of hydrogen-bond donors (Lipinski definition) is 0. The van der Waals surface area contributed by atoms with E-state index in [0.29, 0.717) is 0 Å². The summed E-state index contributed by atoms with van der Waals surface area (Å²) in [5.41, 5.74) is 1.76. The van der Waals surface area contributed by atoms with Gasteiger partial charge >= 0.3 is 0 Å². The van der Waals surface area contributed by atoms with Crippen LogP contribution in [0.2, 0.25) is 17.1 Å². The van der Waals surface area contributed by atoms with Gasteiger partial charge in [-0.3, -0.25) is 0 Å². The van der Waals surface area contributed by atoms with E-state index < -0.39 is 0 Å². The van der Waals surface area contributed by atoms with Crippen molar-refractivity contribution in [1.82, 2.24) is 0 Å². The number of rotatable bonds is 4. The van der Waals surface area contributed by atoms with Gasteiger partial charge in [0.05, 0.1) is 8.80 Å². The number of hydrogen-bond acceptors (Lipinski definition) is 0. The summed E-state index contributed by atoms with van der Waals surface area (Å²) in [4.78, 5) is 0. The minimum Gasteiger partial charge on any atom is -0.127 e. The topological polar surface area (TPSA) is 0 Å². The Hall–Kier alpha value is 0.507. The summed E-state index contributed by atoms with van der Waals surface area (Å²) in [7, 11) is -0.162. The van der Waals surface area contributed by atoms with Crippen molar-refractivity contribution in [2.45, 2.75) is 44.8 Å². The lowest BCUT2D eigenvalue weighted by atomic mass is 10.5. The molecule has 0 aliphatic rings. The highest BCUT2D eigenvalue weighted by Gasteiger charge is 2.18. The molecular weight excluding hydrogens is 160 g/mol. The van der Waals surface area contributed by atoms with E-state index in [2.05, 4.69) is 27.7 Å². The molecule has 1 radical (unpaired) electrons. The lowest BCUT2D eigenvalue weighted by molar-refractivity contribution is 0.924. The lowest BCUT2D eigenvalue weighted by Gasteiger charge is -2.21. The zero-order valence-corrected chi connectivity index (χ0v) is 9.20. The Morgan fingerprint density at radius 2 is 1.50 bits per heavy atom. The Labute approximate surface area is 71.6 Å². The minimum absolute atomic E-state index is 0.162. The fourth-order valence-electron chi connectivity index (χ4n) is 1.35. The molecule has 0 aromatic heterocycles. The smallest absolute Gasteiger partial charge is 0.0546 e. The molecule has 0 saturated carbocycles. The van der Waals surface area contributed by atoms with E-state index in [1.807, 2.05) is 0 Å². The molecule has 0 rings (SSSR count). The van der Waals surface area contributed by atoms with E-state index in [9.17, 15) is 0 Å². The van der Waals surface area contributed by atoms with Gasteiger partial charge in [0.15, 0.2) is 0 Å². The maximum absolute atomic E-state index is 5.71. The normalized spacial score (nSPS) is 12.0. The van der Waals surface area contributed by atoms with Gasteiger partial charge < -0.3 is 0 Å². The summed E-state index contributed by atoms with van der Waals surface area (Å²) in [5.74, 6) is 0.852. The van der Waals surface area contributed by atoms with Gasteiger partial charge in [-0.2, -0.15) is 0 Å². The van der Waals surface area contributed by atoms with Gasteiger partial charge in [-0.05, 0) is 6.04 Å². The lowest BCUT2D eigenvalue weighted by Crippen LogP contribution is -2.20. The van der Waals surface area contributed by atoms with Gasteiger partial charge in [0.1, 0.15) is 0 Å². The van der Waals surface area contributed by atoms with Gasteiger partial charge in [-0.25, -0.2) is 0 Å². The zero-order chi connectivity index (χ0) is 8.15. The Morgan fingerprint density at radius 3 is 1.60 bits per heavy atom. The van der Waals surface area contributed by atoms with Crippen molar-refractivity contribution >= 4 is 20.4 Å². The first kappa shape index (κ1) is 10.5. The second-order valence-electron chi connectivity index (χ2n) is 3.32. The minimum atomic E-state index is -0.162. The van der Waals surface area contributed by atoms with Gasteiger partial charge in [0, 0.05) is 5.88 Å². The quantitative estimate of drug-likeness (QED) is 0.455. The third-order valence-electron chi connectivity index (χ3n) is 1.87. The Kier molecular flexibility index (Phi) is 5.46. The van der Waals surface area contributed by atoms with Crippen molar-refractivity contribution in [2.75, 3.05) is 5.88 Å². The van der Waals surface area contributed by atoms with Crippen LogP contribution >= 0.6 is 11.6 Å². The highest BCUT2D eigenvalue weighted by atomic mass is 35.5. The summed E-state index contributed by atoms with van der Waals surface area (Å²) in [6.45, 7) is 9.28. The monoisotopic (exact) mass is 177 g/mol. The van der Waals surface area contributed by atoms with E-state index >= 15 is 0 Å². The highest BCUT2D eigenvalue weighted by molar-refractivity contribution is 6.62. The van der Waals surface area contributed by atoms with Crippen molar-refractivity contribution in [1.29, 1.82) is 0 Å². The van der Waals surface area contributed by atoms with Crippen molar-refractivity contribution in [2.24, 2.45) is 0 Å². The van der Waals surface area contributed by atoms with Gasteiger partial charge in [-0.1, -0.05) is 38.8 Å². The Morgan fingerprint density at radius 1 is 1.10 bits per heavy atom. The van der Waals surface area contributed by atoms with E-state index in [0.717, 1.165) is 17.0 Å². The molecule has 0 nitrogen and oxygen atoms in total. The van der Waals surface area contributed by atoms with Crippen LogP contribution in [-0.4, -0.2) is 14.7 Å². The first-order valence-corrected chi connectivity index (χ1v) is 6.40. The molecule has 0 N–H and O–H groups in total. The third kappa shape index (κ3) is 3.62. The molecule has 0 aliphatic heterocycles. The number of halogens is 1. The van der Waals surface area contributed by atoms with Crippen molar-refractivity contribution in [3.8, 4) is 0 Å². The average Bonchev–Trinajstić information content (AvgIpc) is 1.81. The highest BCUT2D eigenvalue weighted by Crippen LogP contribution is 2.23. The maximum atomic E-state index is 5.71. The first-order valence-electron chi connectivity index (χ1n) is 4.01. The molecule has 0 aliphatic carbocycles. The summed E-state index contributed by atoms with van der Waals surface area (Å²) in [6.07, 6.45) is 0. The van der Waals surface area contributed by atoms with Crippen LogP contribution in [0.15, 0.2) is 0 Å². The van der Waals surface area contributed by atoms with Gasteiger partial charge in [0.2, 0.25) is 0 Å². The van der Waals surface area contributed by atoms with E-state index in [-0.39, 0.29) is 8.80 Å². The molecular formula is C8H18ClSi. The van der Waals surface area contributed by atoms with Crippen LogP contribution in [0, 0.1) is 0 Å². The second kappa shape index (κ2) is 5.20. The molecule has 61 valence electrons. The molecule has 10 heavy (non-hydrogen) atoms. The van der Waals surface area contributed by atoms with Gasteiger partial charge in [0.25, 0.3) is 0 Å². The van der Waals surface area contributed by atoms with Gasteiger partial charge in [-0.15, -0.1) is 11.6 Å². The largest absolute Gasteiger partial charge is 0.127 e. The third-order valence-corrected chi connectivity index (χ3v) is 6.17. The Bertz CT molecular complexity index is 73.3. The zero-order valence-electron chi connectivity index (χ0n) is 7.45. The van der Waals surface area contributed by atoms with Crippen LogP contribution in [0.3, 0.4) is 0 Å². The van der Waals surface area contributed by atoms with Crippen LogP contribution in [0.4, 0.5) is 0 Å². The van der Waals surface area contributed by atoms with Crippen LogP contribution < -0.4 is 0 Å². The molecule has 0 aromatic carbocycles. The van der Waals surface area contributed by atoms with Crippen LogP contribution in [0.5, 0.6) is 0 Å². The second-order valence-corrected chi connectivity index (χ2v) is 7.66. The van der Waals surface area contributed by atoms with Crippen LogP contribution in [0.1, 0.15) is 27.7 Å². The fraction of sp³-hybridized carbons (Fsp3) is 1.00.